The summed E-state index contributed by atoms with van der Waals surface area (Å²) in [5.74, 6) is 0.704. The predicted molar refractivity (Wildman–Crippen MR) is 81.3 cm³/mol. The Hall–Kier alpha value is -0.530. The van der Waals surface area contributed by atoms with Crippen LogP contribution in [0.2, 0.25) is 0 Å². The highest BCUT2D eigenvalue weighted by molar-refractivity contribution is 5.85. The number of hydrogen-bond acceptors (Lipinski definition) is 1. The van der Waals surface area contributed by atoms with Crippen molar-refractivity contribution in [2.24, 2.45) is 11.7 Å². The smallest absolute Gasteiger partial charge is 0.0323 e. The van der Waals surface area contributed by atoms with E-state index in [0.717, 1.165) is 0 Å². The molecule has 1 fully saturated rings. The Bertz CT molecular complexity index is 358. The van der Waals surface area contributed by atoms with Gasteiger partial charge in [-0.25, -0.2) is 0 Å². The van der Waals surface area contributed by atoms with Gasteiger partial charge in [-0.05, 0) is 35.3 Å². The monoisotopic (exact) mass is 267 g/mol. The molecule has 0 unspecified atom stereocenters. The summed E-state index contributed by atoms with van der Waals surface area (Å²) in [5, 5.41) is 0. The van der Waals surface area contributed by atoms with Gasteiger partial charge in [-0.2, -0.15) is 0 Å². The first-order valence-corrected chi connectivity index (χ1v) is 6.84. The molecule has 0 saturated heterocycles. The van der Waals surface area contributed by atoms with Crippen molar-refractivity contribution in [1.29, 1.82) is 0 Å². The van der Waals surface area contributed by atoms with Gasteiger partial charge in [-0.15, -0.1) is 12.4 Å². The van der Waals surface area contributed by atoms with Gasteiger partial charge in [0.25, 0.3) is 0 Å². The molecule has 1 aromatic rings. The van der Waals surface area contributed by atoms with Gasteiger partial charge in [0, 0.05) is 6.04 Å². The van der Waals surface area contributed by atoms with E-state index in [1.165, 1.54) is 36.8 Å². The molecule has 1 saturated carbocycles. The van der Waals surface area contributed by atoms with E-state index < -0.39 is 0 Å². The SMILES string of the molecule is CC(C)(C)c1ccc([C@H](N)C2CCCC2)cc1.Cl. The third kappa shape index (κ3) is 3.49. The lowest BCUT2D eigenvalue weighted by atomic mass is 9.85. The number of nitrogens with two attached hydrogens (primary N) is 1. The van der Waals surface area contributed by atoms with Crippen molar-refractivity contribution in [2.45, 2.75) is 57.9 Å². The van der Waals surface area contributed by atoms with Gasteiger partial charge in [0.05, 0.1) is 0 Å². The molecule has 1 atom stereocenters. The zero-order valence-corrected chi connectivity index (χ0v) is 12.6. The van der Waals surface area contributed by atoms with Crippen LogP contribution in [-0.2, 0) is 5.41 Å². The van der Waals surface area contributed by atoms with Gasteiger partial charge in [0.15, 0.2) is 0 Å². The quantitative estimate of drug-likeness (QED) is 0.833. The molecular weight excluding hydrogens is 242 g/mol. The predicted octanol–water partition coefficient (Wildman–Crippen LogP) is 4.60. The van der Waals surface area contributed by atoms with Crippen molar-refractivity contribution in [2.75, 3.05) is 0 Å². The van der Waals surface area contributed by atoms with Crippen LogP contribution >= 0.6 is 12.4 Å². The minimum absolute atomic E-state index is 0. The summed E-state index contributed by atoms with van der Waals surface area (Å²) >= 11 is 0. The maximum Gasteiger partial charge on any atom is 0.0323 e. The molecule has 2 rings (SSSR count). The zero-order chi connectivity index (χ0) is 12.5. The van der Waals surface area contributed by atoms with E-state index in [0.29, 0.717) is 5.92 Å². The van der Waals surface area contributed by atoms with Gasteiger partial charge >= 0.3 is 0 Å². The average molecular weight is 268 g/mol. The zero-order valence-electron chi connectivity index (χ0n) is 11.8. The minimum atomic E-state index is 0. The van der Waals surface area contributed by atoms with E-state index in [1.807, 2.05) is 0 Å². The van der Waals surface area contributed by atoms with Crippen molar-refractivity contribution in [3.05, 3.63) is 35.4 Å². The van der Waals surface area contributed by atoms with Crippen LogP contribution in [0.15, 0.2) is 24.3 Å². The third-order valence-corrected chi connectivity index (χ3v) is 4.07. The Labute approximate surface area is 118 Å². The highest BCUT2D eigenvalue weighted by Gasteiger charge is 2.23. The Balaban J connectivity index is 0.00000162. The molecule has 1 aliphatic rings. The molecular formula is C16H26ClN. The van der Waals surface area contributed by atoms with Crippen molar-refractivity contribution in [3.8, 4) is 0 Å². The largest absolute Gasteiger partial charge is 0.324 e. The first kappa shape index (κ1) is 15.5. The van der Waals surface area contributed by atoms with Gasteiger partial charge in [0.1, 0.15) is 0 Å². The summed E-state index contributed by atoms with van der Waals surface area (Å²) < 4.78 is 0. The van der Waals surface area contributed by atoms with Gasteiger partial charge in [-0.3, -0.25) is 0 Å². The van der Waals surface area contributed by atoms with Crippen LogP contribution in [0.4, 0.5) is 0 Å². The molecule has 0 radical (unpaired) electrons. The second-order valence-electron chi connectivity index (χ2n) is 6.44. The molecule has 0 spiro atoms. The summed E-state index contributed by atoms with van der Waals surface area (Å²) in [6, 6.07) is 9.17. The van der Waals surface area contributed by atoms with Crippen LogP contribution in [-0.4, -0.2) is 0 Å². The highest BCUT2D eigenvalue weighted by Crippen LogP contribution is 2.34. The van der Waals surface area contributed by atoms with Gasteiger partial charge < -0.3 is 5.73 Å². The topological polar surface area (TPSA) is 26.0 Å². The van der Waals surface area contributed by atoms with Crippen molar-refractivity contribution >= 4 is 12.4 Å². The summed E-state index contributed by atoms with van der Waals surface area (Å²) in [5.41, 5.74) is 9.29. The fraction of sp³-hybridized carbons (Fsp3) is 0.625. The summed E-state index contributed by atoms with van der Waals surface area (Å²) in [7, 11) is 0. The molecule has 0 bridgehead atoms. The molecule has 2 heteroatoms. The standard InChI is InChI=1S/C16H25N.ClH/c1-16(2,3)14-10-8-13(9-11-14)15(17)12-6-4-5-7-12;/h8-12,15H,4-7,17H2,1-3H3;1H/t15-;/m1./s1. The molecule has 2 N–H and O–H groups in total. The summed E-state index contributed by atoms with van der Waals surface area (Å²) in [6.45, 7) is 6.75. The molecule has 18 heavy (non-hydrogen) atoms. The van der Waals surface area contributed by atoms with Crippen LogP contribution in [0.1, 0.15) is 63.6 Å². The molecule has 102 valence electrons. The summed E-state index contributed by atoms with van der Waals surface area (Å²) in [4.78, 5) is 0. The first-order chi connectivity index (χ1) is 7.98. The normalized spacial score (nSPS) is 18.4. The Morgan fingerprint density at radius 3 is 2.00 bits per heavy atom. The van der Waals surface area contributed by atoms with Crippen LogP contribution in [0.5, 0.6) is 0 Å². The van der Waals surface area contributed by atoms with E-state index >= 15 is 0 Å². The van der Waals surface area contributed by atoms with Gasteiger partial charge in [-0.1, -0.05) is 57.9 Å². The maximum atomic E-state index is 6.36. The third-order valence-electron chi connectivity index (χ3n) is 4.07. The fourth-order valence-electron chi connectivity index (χ4n) is 2.79. The molecule has 1 nitrogen and oxygen atoms in total. The second-order valence-corrected chi connectivity index (χ2v) is 6.44. The number of hydrogen-bond donors (Lipinski definition) is 1. The first-order valence-electron chi connectivity index (χ1n) is 6.84. The van der Waals surface area contributed by atoms with Crippen LogP contribution in [0.25, 0.3) is 0 Å². The lowest BCUT2D eigenvalue weighted by molar-refractivity contribution is 0.444. The molecule has 0 heterocycles. The number of halogens is 1. The molecule has 1 aromatic carbocycles. The lowest BCUT2D eigenvalue weighted by Crippen LogP contribution is -2.19. The number of rotatable bonds is 2. The van der Waals surface area contributed by atoms with Gasteiger partial charge in [0.2, 0.25) is 0 Å². The lowest BCUT2D eigenvalue weighted by Gasteiger charge is -2.22. The van der Waals surface area contributed by atoms with Crippen LogP contribution < -0.4 is 5.73 Å². The van der Waals surface area contributed by atoms with Crippen LogP contribution in [0, 0.1) is 5.92 Å². The van der Waals surface area contributed by atoms with E-state index in [2.05, 4.69) is 45.0 Å². The minimum Gasteiger partial charge on any atom is -0.324 e. The molecule has 0 aromatic heterocycles. The van der Waals surface area contributed by atoms with Crippen LogP contribution in [0.3, 0.4) is 0 Å². The highest BCUT2D eigenvalue weighted by atomic mass is 35.5. The van der Waals surface area contributed by atoms with Crippen molar-refractivity contribution < 1.29 is 0 Å². The fourth-order valence-corrected chi connectivity index (χ4v) is 2.79. The summed E-state index contributed by atoms with van der Waals surface area (Å²) in [6.07, 6.45) is 5.33. The number of benzene rings is 1. The maximum absolute atomic E-state index is 6.36. The van der Waals surface area contributed by atoms with Crippen molar-refractivity contribution in [3.63, 3.8) is 0 Å². The van der Waals surface area contributed by atoms with E-state index in [1.54, 1.807) is 0 Å². The molecule has 1 aliphatic carbocycles. The Morgan fingerprint density at radius 2 is 1.56 bits per heavy atom. The second kappa shape index (κ2) is 6.08. The van der Waals surface area contributed by atoms with Crippen molar-refractivity contribution in [1.82, 2.24) is 0 Å². The van der Waals surface area contributed by atoms with E-state index in [-0.39, 0.29) is 23.9 Å². The molecule has 0 amide bonds. The Kier molecular flexibility index (Phi) is 5.24. The Morgan fingerprint density at radius 1 is 1.06 bits per heavy atom. The van der Waals surface area contributed by atoms with E-state index in [4.69, 9.17) is 5.73 Å². The molecule has 0 aliphatic heterocycles. The van der Waals surface area contributed by atoms with E-state index in [9.17, 15) is 0 Å². The average Bonchev–Trinajstić information content (AvgIpc) is 2.80.